The Morgan fingerprint density at radius 2 is 1.88 bits per heavy atom. The second-order valence-corrected chi connectivity index (χ2v) is 11.5. The third kappa shape index (κ3) is 5.92. The Labute approximate surface area is 242 Å². The third-order valence-corrected chi connectivity index (χ3v) is 8.09. The van der Waals surface area contributed by atoms with Gasteiger partial charge in [-0.1, -0.05) is 6.07 Å². The maximum atomic E-state index is 13.6. The van der Waals surface area contributed by atoms with Gasteiger partial charge >= 0.3 is 0 Å². The zero-order valence-corrected chi connectivity index (χ0v) is 24.7. The Bertz CT molecular complexity index is 1530. The van der Waals surface area contributed by atoms with Crippen molar-refractivity contribution in [2.45, 2.75) is 39.5 Å². The molecule has 2 aliphatic heterocycles. The van der Waals surface area contributed by atoms with E-state index < -0.39 is 5.41 Å². The van der Waals surface area contributed by atoms with Gasteiger partial charge in [0.1, 0.15) is 0 Å². The van der Waals surface area contributed by atoms with Crippen molar-refractivity contribution in [2.75, 3.05) is 48.5 Å². The maximum absolute atomic E-state index is 13.6. The Morgan fingerprint density at radius 1 is 1.07 bits per heavy atom. The van der Waals surface area contributed by atoms with Crippen molar-refractivity contribution in [1.82, 2.24) is 25.6 Å². The molecule has 2 aliphatic rings. The molecule has 0 bridgehead atoms. The van der Waals surface area contributed by atoms with Crippen LogP contribution in [0.15, 0.2) is 48.8 Å². The Morgan fingerprint density at radius 3 is 2.61 bits per heavy atom. The number of nitriles is 1. The number of nitrogens with zero attached hydrogens (tertiary/aromatic N) is 6. The Balaban J connectivity index is 1.41. The highest BCUT2D eigenvalue weighted by molar-refractivity contribution is 6.05. The summed E-state index contributed by atoms with van der Waals surface area (Å²) in [7, 11) is 4.06. The molecule has 1 saturated heterocycles. The highest BCUT2D eigenvalue weighted by Gasteiger charge is 2.25. The van der Waals surface area contributed by atoms with Gasteiger partial charge in [-0.25, -0.2) is 0 Å². The summed E-state index contributed by atoms with van der Waals surface area (Å²) in [6, 6.07) is 14.1. The van der Waals surface area contributed by atoms with Crippen LogP contribution in [0.25, 0.3) is 5.70 Å². The van der Waals surface area contributed by atoms with E-state index in [1.807, 2.05) is 87.2 Å². The van der Waals surface area contributed by atoms with Crippen molar-refractivity contribution in [2.24, 2.45) is 7.05 Å². The van der Waals surface area contributed by atoms with Crippen LogP contribution in [-0.4, -0.2) is 53.8 Å². The van der Waals surface area contributed by atoms with Gasteiger partial charge in [0.25, 0.3) is 5.91 Å². The van der Waals surface area contributed by atoms with Gasteiger partial charge in [-0.2, -0.15) is 10.4 Å². The van der Waals surface area contributed by atoms with Gasteiger partial charge in [-0.3, -0.25) is 14.5 Å². The van der Waals surface area contributed by atoms with E-state index in [0.29, 0.717) is 11.3 Å². The van der Waals surface area contributed by atoms with E-state index in [-0.39, 0.29) is 5.91 Å². The number of aryl methyl sites for hydroxylation is 2. The number of likely N-dealkylation sites (N-methyl/N-ethyl adjacent to an activating group) is 1. The van der Waals surface area contributed by atoms with Gasteiger partial charge in [0.05, 0.1) is 29.1 Å². The summed E-state index contributed by atoms with van der Waals surface area (Å²) in [5.41, 5.74) is 13.6. The minimum atomic E-state index is -0.726. The number of amides is 1. The smallest absolute Gasteiger partial charge is 0.255 e. The fourth-order valence-electron chi connectivity index (χ4n) is 5.15. The molecule has 5 rings (SSSR count). The van der Waals surface area contributed by atoms with Gasteiger partial charge in [-0.05, 0) is 89.2 Å². The summed E-state index contributed by atoms with van der Waals surface area (Å²) in [5, 5.41) is 19.2. The molecule has 1 amide bonds. The molecule has 41 heavy (non-hydrogen) atoms. The van der Waals surface area contributed by atoms with Crippen LogP contribution < -0.4 is 26.2 Å². The lowest BCUT2D eigenvalue weighted by atomic mass is 9.85. The van der Waals surface area contributed by atoms with Crippen LogP contribution in [0.2, 0.25) is 0 Å². The van der Waals surface area contributed by atoms with Crippen LogP contribution in [0.4, 0.5) is 17.1 Å². The maximum Gasteiger partial charge on any atom is 0.255 e. The molecular formula is C31H39N9O. The molecule has 0 radical (unpaired) electrons. The number of aromatic nitrogens is 2. The first kappa shape index (κ1) is 28.2. The molecule has 2 aromatic carbocycles. The van der Waals surface area contributed by atoms with Crippen LogP contribution in [-0.2, 0) is 12.5 Å². The molecule has 0 spiro atoms. The predicted octanol–water partition coefficient (Wildman–Crippen LogP) is 4.06. The molecule has 3 N–H and O–H groups in total. The number of carbonyl (C=O) groups is 1. The molecule has 1 fully saturated rings. The third-order valence-electron chi connectivity index (χ3n) is 8.09. The fraction of sp³-hybridized carbons (Fsp3) is 0.387. The second-order valence-electron chi connectivity index (χ2n) is 11.5. The monoisotopic (exact) mass is 553 g/mol. The summed E-state index contributed by atoms with van der Waals surface area (Å²) in [5.74, 6) is -0.210. The minimum absolute atomic E-state index is 0.210. The Kier molecular flexibility index (Phi) is 7.76. The molecule has 3 aromatic rings. The predicted molar refractivity (Wildman–Crippen MR) is 163 cm³/mol. The first-order chi connectivity index (χ1) is 19.6. The first-order valence-electron chi connectivity index (χ1n) is 14.0. The van der Waals surface area contributed by atoms with Crippen molar-refractivity contribution < 1.29 is 4.79 Å². The molecule has 0 atom stereocenters. The SMILES string of the molecule is Cc1ccc(NC(=O)c2cc(N3CCCN(C)CC3)cc(C(C)(C)C#N)c2)cc1N1C=C(c2cnn(C)c2C)NN1. The number of hydrogen-bond acceptors (Lipinski definition) is 8. The zero-order valence-electron chi connectivity index (χ0n) is 24.7. The molecule has 214 valence electrons. The topological polar surface area (TPSA) is 104 Å². The standard InChI is InChI=1S/C31H39N9O/c1-21-8-9-25(17-29(21)40-19-28(35-36-40)27-18-33-38(6)22(27)2)34-30(41)23-14-24(31(3,4)20-32)16-26(15-23)39-11-7-10-37(5)12-13-39/h8-9,14-19,35-36H,7,10-13H2,1-6H3,(H,34,41). The van der Waals surface area contributed by atoms with E-state index in [2.05, 4.69) is 50.4 Å². The van der Waals surface area contributed by atoms with Crippen molar-refractivity contribution >= 4 is 28.7 Å². The summed E-state index contributed by atoms with van der Waals surface area (Å²) >= 11 is 0. The van der Waals surface area contributed by atoms with E-state index in [0.717, 1.165) is 72.1 Å². The average molecular weight is 554 g/mol. The molecule has 3 heterocycles. The molecular weight excluding hydrogens is 514 g/mol. The van der Waals surface area contributed by atoms with Crippen LogP contribution in [0.5, 0.6) is 0 Å². The Hall–Kier alpha value is -4.33. The number of hydrogen-bond donors (Lipinski definition) is 3. The first-order valence-corrected chi connectivity index (χ1v) is 14.0. The summed E-state index contributed by atoms with van der Waals surface area (Å²) in [4.78, 5) is 18.3. The van der Waals surface area contributed by atoms with Gasteiger partial charge in [-0.15, -0.1) is 5.53 Å². The summed E-state index contributed by atoms with van der Waals surface area (Å²) < 4.78 is 1.84. The van der Waals surface area contributed by atoms with Crippen molar-refractivity contribution in [3.8, 4) is 6.07 Å². The van der Waals surface area contributed by atoms with E-state index in [4.69, 9.17) is 0 Å². The lowest BCUT2D eigenvalue weighted by Crippen LogP contribution is -2.36. The summed E-state index contributed by atoms with van der Waals surface area (Å²) in [6.45, 7) is 11.6. The molecule has 10 heteroatoms. The number of nitrogens with one attached hydrogen (secondary N) is 3. The van der Waals surface area contributed by atoms with Crippen LogP contribution >= 0.6 is 0 Å². The number of hydrazine groups is 2. The van der Waals surface area contributed by atoms with Gasteiger partial charge in [0, 0.05) is 61.1 Å². The van der Waals surface area contributed by atoms with Crippen LogP contribution in [0, 0.1) is 25.2 Å². The molecule has 1 aromatic heterocycles. The largest absolute Gasteiger partial charge is 0.370 e. The van der Waals surface area contributed by atoms with Crippen LogP contribution in [0.3, 0.4) is 0 Å². The molecule has 10 nitrogen and oxygen atoms in total. The molecule has 0 aliphatic carbocycles. The second kappa shape index (κ2) is 11.3. The van der Waals surface area contributed by atoms with Gasteiger partial charge in [0.15, 0.2) is 0 Å². The lowest BCUT2D eigenvalue weighted by Gasteiger charge is -2.26. The van der Waals surface area contributed by atoms with Crippen molar-refractivity contribution in [1.29, 1.82) is 5.26 Å². The average Bonchev–Trinajstić information content (AvgIpc) is 3.50. The van der Waals surface area contributed by atoms with E-state index in [9.17, 15) is 10.1 Å². The number of rotatable bonds is 6. The van der Waals surface area contributed by atoms with Crippen LogP contribution in [0.1, 0.15) is 53.0 Å². The molecule has 0 unspecified atom stereocenters. The van der Waals surface area contributed by atoms with Crippen molar-refractivity contribution in [3.05, 3.63) is 76.7 Å². The van der Waals surface area contributed by atoms with E-state index in [1.54, 1.807) is 0 Å². The highest BCUT2D eigenvalue weighted by Crippen LogP contribution is 2.31. The number of carbonyl (C=O) groups excluding carboxylic acids is 1. The van der Waals surface area contributed by atoms with E-state index >= 15 is 0 Å². The van der Waals surface area contributed by atoms with Gasteiger partial charge < -0.3 is 20.5 Å². The van der Waals surface area contributed by atoms with Crippen molar-refractivity contribution in [3.63, 3.8) is 0 Å². The fourth-order valence-corrected chi connectivity index (χ4v) is 5.15. The normalized spacial score (nSPS) is 16.2. The lowest BCUT2D eigenvalue weighted by molar-refractivity contribution is 0.102. The minimum Gasteiger partial charge on any atom is -0.370 e. The highest BCUT2D eigenvalue weighted by atomic mass is 16.1. The van der Waals surface area contributed by atoms with Gasteiger partial charge in [0.2, 0.25) is 0 Å². The zero-order chi connectivity index (χ0) is 29.3. The quantitative estimate of drug-likeness (QED) is 0.420. The summed E-state index contributed by atoms with van der Waals surface area (Å²) in [6.07, 6.45) is 4.87. The number of anilines is 3. The number of benzene rings is 2. The van der Waals surface area contributed by atoms with E-state index in [1.165, 1.54) is 0 Å². The molecule has 0 saturated carbocycles.